The molecule has 0 saturated carbocycles. The van der Waals surface area contributed by atoms with Gasteiger partial charge in [-0.2, -0.15) is 0 Å². The van der Waals surface area contributed by atoms with Crippen LogP contribution in [0.2, 0.25) is 0 Å². The van der Waals surface area contributed by atoms with E-state index in [1.54, 1.807) is 0 Å². The fraction of sp³-hybridized carbons (Fsp3) is 0.476. The lowest BCUT2D eigenvalue weighted by molar-refractivity contribution is 0.217. The van der Waals surface area contributed by atoms with Crippen molar-refractivity contribution < 1.29 is 0 Å². The Morgan fingerprint density at radius 1 is 1.15 bits per heavy atom. The molecule has 0 unspecified atom stereocenters. The van der Waals surface area contributed by atoms with Crippen molar-refractivity contribution in [3.05, 3.63) is 47.7 Å². The van der Waals surface area contributed by atoms with Crippen LogP contribution < -0.4 is 5.32 Å². The molecule has 6 heteroatoms. The van der Waals surface area contributed by atoms with Crippen LogP contribution in [0.3, 0.4) is 0 Å². The number of aromatic nitrogens is 4. The lowest BCUT2D eigenvalue weighted by Gasteiger charge is -2.29. The van der Waals surface area contributed by atoms with Crippen molar-refractivity contribution in [2.45, 2.75) is 33.2 Å². The van der Waals surface area contributed by atoms with E-state index in [1.165, 1.54) is 19.4 Å². The number of hydrogen-bond acceptors (Lipinski definition) is 5. The molecule has 4 rings (SSSR count). The summed E-state index contributed by atoms with van der Waals surface area (Å²) in [6, 6.07) is 10.3. The smallest absolute Gasteiger partial charge is 0.130 e. The fourth-order valence-electron chi connectivity index (χ4n) is 4.05. The molecule has 1 aliphatic rings. The number of aryl methyl sites for hydroxylation is 2. The molecule has 3 aromatic rings. The maximum Gasteiger partial charge on any atom is 0.130 e. The molecule has 0 amide bonds. The van der Waals surface area contributed by atoms with Crippen LogP contribution in [0.1, 0.15) is 30.2 Å². The SMILES string of the molecule is Cc1nc(Cn2c(C)nc3ccccc32)cc(NC[C@@H]2CCCN(C)C2)n1. The number of rotatable bonds is 5. The fourth-order valence-corrected chi connectivity index (χ4v) is 4.05. The first-order chi connectivity index (χ1) is 13.1. The number of nitrogens with one attached hydrogen (secondary N) is 1. The van der Waals surface area contributed by atoms with Gasteiger partial charge in [0.25, 0.3) is 0 Å². The number of anilines is 1. The highest BCUT2D eigenvalue weighted by atomic mass is 15.1. The summed E-state index contributed by atoms with van der Waals surface area (Å²) in [5.74, 6) is 3.42. The highest BCUT2D eigenvalue weighted by molar-refractivity contribution is 5.75. The summed E-state index contributed by atoms with van der Waals surface area (Å²) in [6.45, 7) is 8.05. The second-order valence-electron chi connectivity index (χ2n) is 7.68. The molecule has 1 saturated heterocycles. The van der Waals surface area contributed by atoms with Gasteiger partial charge in [0.05, 0.1) is 23.3 Å². The van der Waals surface area contributed by atoms with Gasteiger partial charge in [0.1, 0.15) is 17.5 Å². The first kappa shape index (κ1) is 17.9. The molecule has 1 atom stereocenters. The van der Waals surface area contributed by atoms with Gasteiger partial charge in [-0.05, 0) is 58.3 Å². The number of piperidine rings is 1. The third-order valence-corrected chi connectivity index (χ3v) is 5.35. The molecule has 1 aromatic carbocycles. The van der Waals surface area contributed by atoms with E-state index in [2.05, 4.69) is 61.0 Å². The standard InChI is InChI=1S/C21H28N6/c1-15-23-18(14-27-16(2)25-19-8-4-5-9-20(19)27)11-21(24-15)22-12-17-7-6-10-26(3)13-17/h4-5,8-9,11,17H,6-7,10,12-14H2,1-3H3,(H,22,23,24)/t17-/m0/s1. The Kier molecular flexibility index (Phi) is 5.07. The summed E-state index contributed by atoms with van der Waals surface area (Å²) in [7, 11) is 2.21. The summed E-state index contributed by atoms with van der Waals surface area (Å²) in [6.07, 6.45) is 2.57. The minimum atomic E-state index is 0.683. The van der Waals surface area contributed by atoms with E-state index < -0.39 is 0 Å². The predicted octanol–water partition coefficient (Wildman–Crippen LogP) is 3.25. The Morgan fingerprint density at radius 3 is 2.85 bits per heavy atom. The van der Waals surface area contributed by atoms with Gasteiger partial charge < -0.3 is 14.8 Å². The minimum Gasteiger partial charge on any atom is -0.370 e. The van der Waals surface area contributed by atoms with E-state index in [1.807, 2.05) is 19.9 Å². The largest absolute Gasteiger partial charge is 0.370 e. The maximum atomic E-state index is 4.66. The number of benzene rings is 1. The van der Waals surface area contributed by atoms with Crippen LogP contribution in [0, 0.1) is 19.8 Å². The first-order valence-electron chi connectivity index (χ1n) is 9.77. The topological polar surface area (TPSA) is 58.9 Å². The van der Waals surface area contributed by atoms with Crippen molar-refractivity contribution in [2.24, 2.45) is 5.92 Å². The van der Waals surface area contributed by atoms with Crippen molar-refractivity contribution in [1.29, 1.82) is 0 Å². The molecule has 27 heavy (non-hydrogen) atoms. The van der Waals surface area contributed by atoms with E-state index in [-0.39, 0.29) is 0 Å². The molecule has 2 aromatic heterocycles. The molecule has 0 aliphatic carbocycles. The van der Waals surface area contributed by atoms with Crippen LogP contribution in [-0.4, -0.2) is 51.1 Å². The minimum absolute atomic E-state index is 0.683. The number of fused-ring (bicyclic) bond motifs is 1. The summed E-state index contributed by atoms with van der Waals surface area (Å²) in [4.78, 5) is 16.3. The summed E-state index contributed by atoms with van der Waals surface area (Å²) >= 11 is 0. The van der Waals surface area contributed by atoms with Crippen molar-refractivity contribution in [3.63, 3.8) is 0 Å². The number of para-hydroxylation sites is 2. The van der Waals surface area contributed by atoms with Crippen LogP contribution in [-0.2, 0) is 6.54 Å². The van der Waals surface area contributed by atoms with Crippen LogP contribution >= 0.6 is 0 Å². The zero-order valence-corrected chi connectivity index (χ0v) is 16.4. The normalized spacial score (nSPS) is 18.1. The summed E-state index contributed by atoms with van der Waals surface area (Å²) < 4.78 is 2.22. The van der Waals surface area contributed by atoms with Gasteiger partial charge in [0.2, 0.25) is 0 Å². The van der Waals surface area contributed by atoms with Gasteiger partial charge >= 0.3 is 0 Å². The second-order valence-corrected chi connectivity index (χ2v) is 7.68. The highest BCUT2D eigenvalue weighted by Crippen LogP contribution is 2.19. The zero-order valence-electron chi connectivity index (χ0n) is 16.4. The Labute approximate surface area is 160 Å². The average molecular weight is 364 g/mol. The van der Waals surface area contributed by atoms with Crippen molar-refractivity contribution in [1.82, 2.24) is 24.4 Å². The van der Waals surface area contributed by atoms with Gasteiger partial charge in [-0.3, -0.25) is 0 Å². The molecular formula is C21H28N6. The zero-order chi connectivity index (χ0) is 18.8. The first-order valence-corrected chi connectivity index (χ1v) is 9.77. The number of likely N-dealkylation sites (tertiary alicyclic amines) is 1. The molecule has 1 N–H and O–H groups in total. The Balaban J connectivity index is 1.51. The molecular weight excluding hydrogens is 336 g/mol. The molecule has 0 bridgehead atoms. The lowest BCUT2D eigenvalue weighted by Crippen LogP contribution is -2.35. The lowest BCUT2D eigenvalue weighted by atomic mass is 9.98. The van der Waals surface area contributed by atoms with Crippen LogP contribution in [0.5, 0.6) is 0 Å². The summed E-state index contributed by atoms with van der Waals surface area (Å²) in [5.41, 5.74) is 3.18. The van der Waals surface area contributed by atoms with Gasteiger partial charge in [-0.1, -0.05) is 12.1 Å². The third kappa shape index (κ3) is 4.11. The average Bonchev–Trinajstić information content (AvgIpc) is 2.95. The van der Waals surface area contributed by atoms with Gasteiger partial charge in [-0.25, -0.2) is 15.0 Å². The number of hydrogen-bond donors (Lipinski definition) is 1. The maximum absolute atomic E-state index is 4.66. The highest BCUT2D eigenvalue weighted by Gasteiger charge is 2.17. The molecule has 1 fully saturated rings. The van der Waals surface area contributed by atoms with Crippen LogP contribution in [0.4, 0.5) is 5.82 Å². The van der Waals surface area contributed by atoms with E-state index in [9.17, 15) is 0 Å². The molecule has 1 aliphatic heterocycles. The molecule has 3 heterocycles. The second kappa shape index (κ2) is 7.64. The molecule has 0 spiro atoms. The predicted molar refractivity (Wildman–Crippen MR) is 109 cm³/mol. The van der Waals surface area contributed by atoms with Crippen molar-refractivity contribution in [2.75, 3.05) is 32.0 Å². The molecule has 0 radical (unpaired) electrons. The van der Waals surface area contributed by atoms with E-state index >= 15 is 0 Å². The van der Waals surface area contributed by atoms with E-state index in [0.717, 1.165) is 47.3 Å². The monoisotopic (exact) mass is 364 g/mol. The third-order valence-electron chi connectivity index (χ3n) is 5.35. The van der Waals surface area contributed by atoms with Gasteiger partial charge in [0.15, 0.2) is 0 Å². The molecule has 6 nitrogen and oxygen atoms in total. The Bertz CT molecular complexity index is 932. The van der Waals surface area contributed by atoms with Crippen LogP contribution in [0.25, 0.3) is 11.0 Å². The van der Waals surface area contributed by atoms with E-state index in [0.29, 0.717) is 12.5 Å². The molecule has 142 valence electrons. The Hall–Kier alpha value is -2.47. The van der Waals surface area contributed by atoms with E-state index in [4.69, 9.17) is 0 Å². The number of imidazole rings is 1. The Morgan fingerprint density at radius 2 is 2.00 bits per heavy atom. The van der Waals surface area contributed by atoms with Gasteiger partial charge in [-0.15, -0.1) is 0 Å². The van der Waals surface area contributed by atoms with Crippen molar-refractivity contribution in [3.8, 4) is 0 Å². The van der Waals surface area contributed by atoms with Crippen molar-refractivity contribution >= 4 is 16.9 Å². The van der Waals surface area contributed by atoms with Crippen LogP contribution in [0.15, 0.2) is 30.3 Å². The quantitative estimate of drug-likeness (QED) is 0.753. The van der Waals surface area contributed by atoms with Gasteiger partial charge in [0, 0.05) is 19.2 Å². The number of nitrogens with zero attached hydrogens (tertiary/aromatic N) is 5. The summed E-state index contributed by atoms with van der Waals surface area (Å²) in [5, 5.41) is 3.54.